The summed E-state index contributed by atoms with van der Waals surface area (Å²) in [5, 5.41) is 17.0. The van der Waals surface area contributed by atoms with Gasteiger partial charge in [-0.1, -0.05) is 6.07 Å². The summed E-state index contributed by atoms with van der Waals surface area (Å²) in [6.07, 6.45) is -6.09. The molecule has 0 unspecified atom stereocenters. The summed E-state index contributed by atoms with van der Waals surface area (Å²) < 4.78 is 50.5. The molecule has 0 spiro atoms. The van der Waals surface area contributed by atoms with Crippen LogP contribution in [0.5, 0.6) is 5.75 Å². The average Bonchev–Trinajstić information content (AvgIpc) is 3.23. The number of aliphatic hydroxyl groups excluding tert-OH is 1. The molecular weight excluding hydrogens is 471 g/mol. The summed E-state index contributed by atoms with van der Waals surface area (Å²) in [6, 6.07) is 6.54. The first-order valence-corrected chi connectivity index (χ1v) is 10.6. The van der Waals surface area contributed by atoms with E-state index in [1.165, 1.54) is 23.9 Å². The van der Waals surface area contributed by atoms with Crippen LogP contribution in [0.3, 0.4) is 0 Å². The van der Waals surface area contributed by atoms with Crippen LogP contribution in [-0.2, 0) is 16.1 Å². The Bertz CT molecular complexity index is 1240. The van der Waals surface area contributed by atoms with Crippen molar-refractivity contribution in [1.82, 2.24) is 19.7 Å². The number of methoxy groups -OCH3 is 1. The van der Waals surface area contributed by atoms with Gasteiger partial charge in [0.05, 0.1) is 37.2 Å². The van der Waals surface area contributed by atoms with E-state index in [1.807, 2.05) is 0 Å². The number of anilines is 1. The van der Waals surface area contributed by atoms with E-state index in [4.69, 9.17) is 9.47 Å². The van der Waals surface area contributed by atoms with E-state index in [0.29, 0.717) is 37.2 Å². The number of alkyl halides is 3. The van der Waals surface area contributed by atoms with Crippen molar-refractivity contribution >= 4 is 28.4 Å². The Morgan fingerprint density at radius 3 is 2.69 bits per heavy atom. The molecule has 1 saturated heterocycles. The molecule has 0 saturated carbocycles. The molecule has 4 rings (SSSR count). The first kappa shape index (κ1) is 24.4. The van der Waals surface area contributed by atoms with Crippen molar-refractivity contribution in [2.45, 2.75) is 18.8 Å². The molecule has 3 aromatic rings. The van der Waals surface area contributed by atoms with E-state index in [1.54, 1.807) is 23.2 Å². The number of ether oxygens (including phenoxy) is 2. The number of amides is 2. The first-order valence-electron chi connectivity index (χ1n) is 10.6. The van der Waals surface area contributed by atoms with E-state index in [0.717, 1.165) is 6.07 Å². The number of aromatic nitrogens is 3. The normalized spacial score (nSPS) is 15.2. The van der Waals surface area contributed by atoms with Crippen molar-refractivity contribution in [1.29, 1.82) is 0 Å². The van der Waals surface area contributed by atoms with Gasteiger partial charge in [-0.2, -0.15) is 18.3 Å². The van der Waals surface area contributed by atoms with Crippen LogP contribution < -0.4 is 10.1 Å². The average molecular weight is 493 g/mol. The van der Waals surface area contributed by atoms with Gasteiger partial charge < -0.3 is 24.8 Å². The number of nitrogens with zero attached hydrogens (tertiary/aromatic N) is 4. The van der Waals surface area contributed by atoms with Gasteiger partial charge in [0.25, 0.3) is 5.91 Å². The minimum Gasteiger partial charge on any atom is -0.494 e. The van der Waals surface area contributed by atoms with Crippen molar-refractivity contribution < 1.29 is 37.3 Å². The Labute approximate surface area is 197 Å². The number of aliphatic hydroxyl groups is 1. The van der Waals surface area contributed by atoms with Gasteiger partial charge >= 0.3 is 6.18 Å². The summed E-state index contributed by atoms with van der Waals surface area (Å²) in [5.74, 6) is -0.649. The summed E-state index contributed by atoms with van der Waals surface area (Å²) in [7, 11) is 1.38. The highest BCUT2D eigenvalue weighted by Gasteiger charge is 2.40. The Kier molecular flexibility index (Phi) is 6.89. The van der Waals surface area contributed by atoms with Gasteiger partial charge in [0.15, 0.2) is 6.10 Å². The number of hydrogen-bond donors (Lipinski definition) is 2. The second-order valence-electron chi connectivity index (χ2n) is 7.78. The molecule has 10 nitrogen and oxygen atoms in total. The van der Waals surface area contributed by atoms with Crippen LogP contribution in [0.2, 0.25) is 0 Å². The number of benzene rings is 1. The minimum atomic E-state index is -4.92. The van der Waals surface area contributed by atoms with Gasteiger partial charge in [0.1, 0.15) is 18.0 Å². The fraction of sp³-hybridized carbons (Fsp3) is 0.364. The maximum atomic E-state index is 12.8. The molecule has 1 aromatic carbocycles. The molecule has 0 radical (unpaired) electrons. The number of carbonyl (C=O) groups is 2. The van der Waals surface area contributed by atoms with E-state index in [9.17, 15) is 27.9 Å². The summed E-state index contributed by atoms with van der Waals surface area (Å²) in [5.41, 5.74) is -0.269. The quantitative estimate of drug-likeness (QED) is 0.540. The maximum absolute atomic E-state index is 12.8. The highest BCUT2D eigenvalue weighted by atomic mass is 19.4. The molecule has 1 fully saturated rings. The molecule has 0 bridgehead atoms. The third-order valence-corrected chi connectivity index (χ3v) is 5.38. The fourth-order valence-electron chi connectivity index (χ4n) is 3.59. The lowest BCUT2D eigenvalue weighted by molar-refractivity contribution is -0.208. The monoisotopic (exact) mass is 493 g/mol. The lowest BCUT2D eigenvalue weighted by atomic mass is 10.2. The Morgan fingerprint density at radius 2 is 2.00 bits per heavy atom. The number of halogens is 3. The molecule has 0 aliphatic carbocycles. The Balaban J connectivity index is 1.54. The largest absolute Gasteiger partial charge is 0.494 e. The summed E-state index contributed by atoms with van der Waals surface area (Å²) in [6.45, 7) is 2.02. The van der Waals surface area contributed by atoms with Crippen molar-refractivity contribution in [2.75, 3.05) is 38.7 Å². The summed E-state index contributed by atoms with van der Waals surface area (Å²) in [4.78, 5) is 30.5. The highest BCUT2D eigenvalue weighted by Crippen LogP contribution is 2.32. The van der Waals surface area contributed by atoms with Crippen LogP contribution in [0.1, 0.15) is 22.3 Å². The van der Waals surface area contributed by atoms with E-state index >= 15 is 0 Å². The van der Waals surface area contributed by atoms with Crippen molar-refractivity contribution in [3.8, 4) is 5.75 Å². The van der Waals surface area contributed by atoms with E-state index in [-0.39, 0.29) is 29.6 Å². The highest BCUT2D eigenvalue weighted by molar-refractivity contribution is 6.05. The smallest absolute Gasteiger partial charge is 0.420 e. The number of fused-ring (bicyclic) bond motifs is 1. The Morgan fingerprint density at radius 1 is 1.26 bits per heavy atom. The van der Waals surface area contributed by atoms with Gasteiger partial charge in [0, 0.05) is 30.7 Å². The first-order chi connectivity index (χ1) is 16.7. The molecule has 186 valence electrons. The molecule has 2 N–H and O–H groups in total. The second-order valence-corrected chi connectivity index (χ2v) is 7.78. The lowest BCUT2D eigenvalue weighted by Crippen LogP contribution is -2.42. The third kappa shape index (κ3) is 5.52. The zero-order valence-electron chi connectivity index (χ0n) is 18.6. The number of hydrogen-bond acceptors (Lipinski definition) is 7. The Hall–Kier alpha value is -3.71. The zero-order valence-corrected chi connectivity index (χ0v) is 18.6. The fourth-order valence-corrected chi connectivity index (χ4v) is 3.59. The lowest BCUT2D eigenvalue weighted by Gasteiger charge is -2.26. The van der Waals surface area contributed by atoms with Gasteiger partial charge in [-0.25, -0.2) is 4.98 Å². The SMILES string of the molecule is COc1cc2nn(CC(=O)N3CCOCC3)cc2cc1NC(=O)c1cccc([C@@H](O)C(F)(F)F)n1. The van der Waals surface area contributed by atoms with Crippen molar-refractivity contribution in [2.24, 2.45) is 0 Å². The molecule has 1 atom stereocenters. The molecule has 2 aromatic heterocycles. The number of nitrogens with one attached hydrogen (secondary N) is 1. The molecule has 13 heteroatoms. The van der Waals surface area contributed by atoms with Gasteiger partial charge in [-0.05, 0) is 18.2 Å². The number of carbonyl (C=O) groups excluding carboxylic acids is 2. The topological polar surface area (TPSA) is 119 Å². The third-order valence-electron chi connectivity index (χ3n) is 5.38. The van der Waals surface area contributed by atoms with Crippen molar-refractivity contribution in [3.63, 3.8) is 0 Å². The van der Waals surface area contributed by atoms with Gasteiger partial charge in [-0.15, -0.1) is 0 Å². The van der Waals surface area contributed by atoms with E-state index in [2.05, 4.69) is 15.4 Å². The molecule has 1 aliphatic heterocycles. The number of morpholine rings is 1. The van der Waals surface area contributed by atoms with Crippen LogP contribution in [0.15, 0.2) is 36.5 Å². The molecule has 35 heavy (non-hydrogen) atoms. The van der Waals surface area contributed by atoms with Crippen LogP contribution in [0, 0.1) is 0 Å². The molecule has 3 heterocycles. The number of pyridine rings is 1. The van der Waals surface area contributed by atoms with Crippen LogP contribution in [-0.4, -0.2) is 76.2 Å². The van der Waals surface area contributed by atoms with Crippen LogP contribution in [0.25, 0.3) is 10.9 Å². The standard InChI is InChI=1S/C22H22F3N5O5/c1-34-18-10-16-13(11-30(28-16)12-19(31)29-5-7-35-8-6-29)9-17(18)27-21(33)15-4-2-3-14(26-15)20(32)22(23,24)25/h2-4,9-11,20,32H,5-8,12H2,1H3,(H,27,33)/t20-/m1/s1. The molecule has 1 aliphatic rings. The van der Waals surface area contributed by atoms with Crippen LogP contribution >= 0.6 is 0 Å². The zero-order chi connectivity index (χ0) is 25.2. The summed E-state index contributed by atoms with van der Waals surface area (Å²) >= 11 is 0. The van der Waals surface area contributed by atoms with E-state index < -0.39 is 23.9 Å². The maximum Gasteiger partial charge on any atom is 0.420 e. The molecular formula is C22H22F3N5O5. The second kappa shape index (κ2) is 9.88. The number of rotatable bonds is 6. The van der Waals surface area contributed by atoms with Gasteiger partial charge in [0.2, 0.25) is 5.91 Å². The molecule has 2 amide bonds. The van der Waals surface area contributed by atoms with Gasteiger partial charge in [-0.3, -0.25) is 14.3 Å². The van der Waals surface area contributed by atoms with Crippen LogP contribution in [0.4, 0.5) is 18.9 Å². The minimum absolute atomic E-state index is 0.0247. The predicted molar refractivity (Wildman–Crippen MR) is 117 cm³/mol. The van der Waals surface area contributed by atoms with Crippen molar-refractivity contribution in [3.05, 3.63) is 47.9 Å². The predicted octanol–water partition coefficient (Wildman–Crippen LogP) is 2.15.